The Hall–Kier alpha value is -1.56. The lowest BCUT2D eigenvalue weighted by Gasteiger charge is -2.25. The van der Waals surface area contributed by atoms with Gasteiger partial charge < -0.3 is 5.32 Å². The maximum atomic E-state index is 12.3. The highest BCUT2D eigenvalue weighted by atomic mass is 32.2. The van der Waals surface area contributed by atoms with E-state index in [2.05, 4.69) is 35.8 Å². The molecular formula is C14H21N3O2S. The number of hydrogen-bond donors (Lipinski definition) is 2. The molecule has 1 aliphatic heterocycles. The Morgan fingerprint density at radius 2 is 1.95 bits per heavy atom. The molecular weight excluding hydrogens is 274 g/mol. The summed E-state index contributed by atoms with van der Waals surface area (Å²) >= 11 is 0. The van der Waals surface area contributed by atoms with E-state index in [1.165, 1.54) is 0 Å². The van der Waals surface area contributed by atoms with Gasteiger partial charge in [0.15, 0.2) is 0 Å². The molecule has 0 aliphatic carbocycles. The average molecular weight is 295 g/mol. The Labute approximate surface area is 120 Å². The fourth-order valence-corrected chi connectivity index (χ4v) is 3.12. The molecule has 0 fully saturated rings. The van der Waals surface area contributed by atoms with Gasteiger partial charge in [-0.05, 0) is 29.5 Å². The molecule has 0 radical (unpaired) electrons. The zero-order chi connectivity index (χ0) is 15.0. The van der Waals surface area contributed by atoms with E-state index in [1.807, 2.05) is 13.0 Å². The number of fused-ring (bicyclic) bond motifs is 1. The van der Waals surface area contributed by atoms with Gasteiger partial charge in [-0.2, -0.15) is 0 Å². The minimum atomic E-state index is -3.55. The molecule has 0 aromatic heterocycles. The lowest BCUT2D eigenvalue weighted by Crippen LogP contribution is -2.41. The number of aliphatic imine (C=N–C) groups is 1. The van der Waals surface area contributed by atoms with E-state index in [0.29, 0.717) is 18.2 Å². The topological polar surface area (TPSA) is 70.6 Å². The van der Waals surface area contributed by atoms with Crippen LogP contribution in [0, 0.1) is 0 Å². The number of anilines is 1. The second-order valence-electron chi connectivity index (χ2n) is 5.92. The molecule has 6 heteroatoms. The van der Waals surface area contributed by atoms with E-state index in [9.17, 15) is 8.42 Å². The number of benzene rings is 1. The van der Waals surface area contributed by atoms with Crippen molar-refractivity contribution in [3.63, 3.8) is 0 Å². The first-order chi connectivity index (χ1) is 9.24. The molecule has 2 N–H and O–H groups in total. The van der Waals surface area contributed by atoms with Gasteiger partial charge in [-0.3, -0.25) is 4.99 Å². The Morgan fingerprint density at radius 1 is 1.25 bits per heavy atom. The Kier molecular flexibility index (Phi) is 3.77. The maximum Gasteiger partial charge on any atom is 0.266 e. The highest BCUT2D eigenvalue weighted by molar-refractivity contribution is 7.90. The van der Waals surface area contributed by atoms with E-state index in [1.54, 1.807) is 12.1 Å². The number of hydrogen-bond acceptors (Lipinski definition) is 3. The lowest BCUT2D eigenvalue weighted by molar-refractivity contribution is 0.582. The number of nitrogens with one attached hydrogen (secondary N) is 2. The number of nitrogens with zero attached hydrogens (tertiary/aromatic N) is 1. The summed E-state index contributed by atoms with van der Waals surface area (Å²) < 4.78 is 27.1. The van der Waals surface area contributed by atoms with Crippen LogP contribution in [0.5, 0.6) is 0 Å². The summed E-state index contributed by atoms with van der Waals surface area (Å²) in [6.45, 7) is 8.74. The quantitative estimate of drug-likeness (QED) is 0.880. The fraction of sp³-hybridized carbons (Fsp3) is 0.500. The molecule has 0 amide bonds. The van der Waals surface area contributed by atoms with Gasteiger partial charge >= 0.3 is 0 Å². The number of guanidine groups is 1. The molecule has 20 heavy (non-hydrogen) atoms. The molecule has 1 heterocycles. The summed E-state index contributed by atoms with van der Waals surface area (Å²) in [5.74, 6) is 0.294. The van der Waals surface area contributed by atoms with E-state index in [-0.39, 0.29) is 10.3 Å². The summed E-state index contributed by atoms with van der Waals surface area (Å²) in [5.41, 5.74) is 1.46. The van der Waals surface area contributed by atoms with Gasteiger partial charge in [-0.1, -0.05) is 33.8 Å². The van der Waals surface area contributed by atoms with E-state index in [4.69, 9.17) is 0 Å². The van der Waals surface area contributed by atoms with Crippen molar-refractivity contribution in [2.75, 3.05) is 11.9 Å². The molecule has 1 aromatic carbocycles. The molecule has 110 valence electrons. The molecule has 2 rings (SSSR count). The zero-order valence-electron chi connectivity index (χ0n) is 12.3. The third-order valence-corrected chi connectivity index (χ3v) is 4.49. The summed E-state index contributed by atoms with van der Waals surface area (Å²) in [7, 11) is -3.55. The zero-order valence-corrected chi connectivity index (χ0v) is 13.1. The highest BCUT2D eigenvalue weighted by Crippen LogP contribution is 2.31. The van der Waals surface area contributed by atoms with Crippen LogP contribution in [0.25, 0.3) is 0 Å². The predicted molar refractivity (Wildman–Crippen MR) is 81.7 cm³/mol. The van der Waals surface area contributed by atoms with E-state index in [0.717, 1.165) is 12.0 Å². The highest BCUT2D eigenvalue weighted by Gasteiger charge is 2.28. The molecule has 0 spiro atoms. The predicted octanol–water partition coefficient (Wildman–Crippen LogP) is 2.45. The van der Waals surface area contributed by atoms with Crippen LogP contribution in [0.4, 0.5) is 5.69 Å². The standard InChI is InChI=1S/C14H21N3O2S/c1-5-8-15-13-16-11-7-6-10(14(2,3)4)9-12(11)20(18,19)17-13/h6-7,9H,5,8H2,1-4H3,(H2,15,16,17). The molecule has 0 atom stereocenters. The van der Waals surface area contributed by atoms with Crippen molar-refractivity contribution in [2.45, 2.75) is 44.4 Å². The van der Waals surface area contributed by atoms with Crippen LogP contribution < -0.4 is 10.0 Å². The summed E-state index contributed by atoms with van der Waals surface area (Å²) in [5, 5.41) is 3.03. The number of rotatable bonds is 2. The number of sulfonamides is 1. The summed E-state index contributed by atoms with van der Waals surface area (Å²) in [4.78, 5) is 4.46. The van der Waals surface area contributed by atoms with Crippen LogP contribution in [0.15, 0.2) is 28.1 Å². The summed E-state index contributed by atoms with van der Waals surface area (Å²) in [6, 6.07) is 5.47. The van der Waals surface area contributed by atoms with Crippen molar-refractivity contribution in [3.8, 4) is 0 Å². The van der Waals surface area contributed by atoms with Crippen molar-refractivity contribution in [1.29, 1.82) is 0 Å². The smallest absolute Gasteiger partial charge is 0.266 e. The fourth-order valence-electron chi connectivity index (χ4n) is 1.95. The molecule has 1 aromatic rings. The molecule has 0 unspecified atom stereocenters. The molecule has 0 bridgehead atoms. The van der Waals surface area contributed by atoms with E-state index < -0.39 is 10.0 Å². The van der Waals surface area contributed by atoms with Crippen LogP contribution in [0.1, 0.15) is 39.7 Å². The third-order valence-electron chi connectivity index (χ3n) is 3.11. The van der Waals surface area contributed by atoms with Crippen LogP contribution in [0.2, 0.25) is 0 Å². The molecule has 1 aliphatic rings. The monoisotopic (exact) mass is 295 g/mol. The minimum Gasteiger partial charge on any atom is -0.324 e. The van der Waals surface area contributed by atoms with Crippen LogP contribution in [-0.4, -0.2) is 20.9 Å². The Bertz CT molecular complexity index is 643. The minimum absolute atomic E-state index is 0.0961. The molecule has 5 nitrogen and oxygen atoms in total. The third kappa shape index (κ3) is 2.95. The van der Waals surface area contributed by atoms with Gasteiger partial charge in [0, 0.05) is 6.54 Å². The average Bonchev–Trinajstić information content (AvgIpc) is 2.34. The van der Waals surface area contributed by atoms with Crippen LogP contribution in [0.3, 0.4) is 0 Å². The van der Waals surface area contributed by atoms with Crippen molar-refractivity contribution < 1.29 is 8.42 Å². The first-order valence-corrected chi connectivity index (χ1v) is 8.21. The molecule has 0 saturated heterocycles. The first-order valence-electron chi connectivity index (χ1n) is 6.73. The van der Waals surface area contributed by atoms with Crippen molar-refractivity contribution >= 4 is 21.7 Å². The van der Waals surface area contributed by atoms with Crippen molar-refractivity contribution in [3.05, 3.63) is 23.8 Å². The van der Waals surface area contributed by atoms with Gasteiger partial charge in [0.25, 0.3) is 10.0 Å². The van der Waals surface area contributed by atoms with Gasteiger partial charge in [-0.25, -0.2) is 13.1 Å². The second kappa shape index (κ2) is 5.09. The Morgan fingerprint density at radius 3 is 2.55 bits per heavy atom. The largest absolute Gasteiger partial charge is 0.324 e. The van der Waals surface area contributed by atoms with Crippen molar-refractivity contribution in [1.82, 2.24) is 4.72 Å². The molecule has 0 saturated carbocycles. The van der Waals surface area contributed by atoms with Gasteiger partial charge in [-0.15, -0.1) is 0 Å². The van der Waals surface area contributed by atoms with Crippen LogP contribution >= 0.6 is 0 Å². The maximum absolute atomic E-state index is 12.3. The first kappa shape index (κ1) is 14.8. The normalized spacial score (nSPS) is 19.1. The van der Waals surface area contributed by atoms with Crippen molar-refractivity contribution in [2.24, 2.45) is 4.99 Å². The van der Waals surface area contributed by atoms with Gasteiger partial charge in [0.05, 0.1) is 5.69 Å². The second-order valence-corrected chi connectivity index (χ2v) is 7.57. The van der Waals surface area contributed by atoms with E-state index >= 15 is 0 Å². The summed E-state index contributed by atoms with van der Waals surface area (Å²) in [6.07, 6.45) is 0.864. The Balaban J connectivity index is 2.47. The van der Waals surface area contributed by atoms with Gasteiger partial charge in [0.2, 0.25) is 5.96 Å². The lowest BCUT2D eigenvalue weighted by atomic mass is 9.87. The van der Waals surface area contributed by atoms with Crippen LogP contribution in [-0.2, 0) is 15.4 Å². The van der Waals surface area contributed by atoms with Gasteiger partial charge in [0.1, 0.15) is 4.90 Å². The SMILES string of the molecule is CCCN=C1Nc2ccc(C(C)(C)C)cc2S(=O)(=O)N1.